The predicted molar refractivity (Wildman–Crippen MR) is 125 cm³/mol. The summed E-state index contributed by atoms with van der Waals surface area (Å²) in [5.74, 6) is 0.612. The molecule has 166 valence electrons. The fourth-order valence-electron chi connectivity index (χ4n) is 3.66. The summed E-state index contributed by atoms with van der Waals surface area (Å²) in [6.45, 7) is 2.66. The van der Waals surface area contributed by atoms with E-state index in [0.29, 0.717) is 24.2 Å². The van der Waals surface area contributed by atoms with E-state index in [1.807, 2.05) is 41.8 Å². The number of aryl methyl sites for hydroxylation is 2. The Morgan fingerprint density at radius 1 is 1.09 bits per heavy atom. The van der Waals surface area contributed by atoms with Gasteiger partial charge in [0.25, 0.3) is 0 Å². The highest BCUT2D eigenvalue weighted by Gasteiger charge is 2.19. The predicted octanol–water partition coefficient (Wildman–Crippen LogP) is 3.43. The minimum atomic E-state index is -3.54. The Morgan fingerprint density at radius 2 is 1.88 bits per heavy atom. The number of benzene rings is 2. The van der Waals surface area contributed by atoms with Crippen LogP contribution in [0.3, 0.4) is 0 Å². The van der Waals surface area contributed by atoms with E-state index in [2.05, 4.69) is 15.3 Å². The summed E-state index contributed by atoms with van der Waals surface area (Å²) in [7, 11) is -0.542. The van der Waals surface area contributed by atoms with Crippen molar-refractivity contribution < 1.29 is 13.2 Å². The van der Waals surface area contributed by atoms with Gasteiger partial charge in [-0.25, -0.2) is 17.7 Å². The topological polar surface area (TPSA) is 97.2 Å². The molecule has 9 heteroatoms. The second-order valence-corrected chi connectivity index (χ2v) is 9.83. The molecule has 0 aliphatic rings. The van der Waals surface area contributed by atoms with Crippen molar-refractivity contribution >= 4 is 43.6 Å². The first-order chi connectivity index (χ1) is 15.3. The Balaban J connectivity index is 1.52. The molecule has 32 heavy (non-hydrogen) atoms. The van der Waals surface area contributed by atoms with Crippen LogP contribution >= 0.6 is 0 Å². The molecule has 0 atom stereocenters. The van der Waals surface area contributed by atoms with Crippen molar-refractivity contribution in [2.75, 3.05) is 19.4 Å². The van der Waals surface area contributed by atoms with E-state index < -0.39 is 10.0 Å². The fourth-order valence-corrected chi connectivity index (χ4v) is 4.58. The molecule has 0 radical (unpaired) electrons. The standard InChI is InChI=1S/C23H25N5O3S/c1-4-28-21-10-9-18(32(30,31)27(2)3)14-20(21)26-22(28)11-12-23(29)25-17-13-16-7-5-6-8-19(16)24-15-17/h5-10,13-15H,4,11-12H2,1-3H3,(H,25,29). The van der Waals surface area contributed by atoms with Crippen molar-refractivity contribution in [3.05, 3.63) is 60.6 Å². The number of hydrogen-bond donors (Lipinski definition) is 1. The first kappa shape index (κ1) is 21.9. The van der Waals surface area contributed by atoms with Crippen molar-refractivity contribution in [3.8, 4) is 0 Å². The maximum Gasteiger partial charge on any atom is 0.242 e. The third-order valence-corrected chi connectivity index (χ3v) is 7.15. The van der Waals surface area contributed by atoms with E-state index in [1.54, 1.807) is 24.4 Å². The van der Waals surface area contributed by atoms with Crippen LogP contribution in [-0.4, -0.2) is 47.3 Å². The van der Waals surface area contributed by atoms with Crippen molar-refractivity contribution in [2.24, 2.45) is 0 Å². The minimum Gasteiger partial charge on any atom is -0.328 e. The summed E-state index contributed by atoms with van der Waals surface area (Å²) in [5.41, 5.74) is 2.97. The van der Waals surface area contributed by atoms with Crippen LogP contribution in [0.4, 0.5) is 5.69 Å². The van der Waals surface area contributed by atoms with Crippen LogP contribution in [-0.2, 0) is 27.8 Å². The highest BCUT2D eigenvalue weighted by Crippen LogP contribution is 2.23. The number of aromatic nitrogens is 3. The van der Waals surface area contributed by atoms with Gasteiger partial charge in [-0.05, 0) is 37.3 Å². The van der Waals surface area contributed by atoms with E-state index in [-0.39, 0.29) is 17.2 Å². The molecule has 0 saturated carbocycles. The lowest BCUT2D eigenvalue weighted by atomic mass is 10.2. The number of rotatable bonds is 7. The summed E-state index contributed by atoms with van der Waals surface area (Å²) in [4.78, 5) is 21.7. The Labute approximate surface area is 186 Å². The number of anilines is 1. The van der Waals surface area contributed by atoms with E-state index in [0.717, 1.165) is 22.2 Å². The molecule has 2 aromatic heterocycles. The van der Waals surface area contributed by atoms with Crippen molar-refractivity contribution in [1.29, 1.82) is 0 Å². The summed E-state index contributed by atoms with van der Waals surface area (Å²) in [6.07, 6.45) is 2.33. The summed E-state index contributed by atoms with van der Waals surface area (Å²) >= 11 is 0. The van der Waals surface area contributed by atoms with Gasteiger partial charge in [-0.15, -0.1) is 0 Å². The van der Waals surface area contributed by atoms with Gasteiger partial charge in [0.1, 0.15) is 5.82 Å². The lowest BCUT2D eigenvalue weighted by molar-refractivity contribution is -0.116. The molecule has 8 nitrogen and oxygen atoms in total. The molecule has 0 fully saturated rings. The smallest absolute Gasteiger partial charge is 0.242 e. The van der Waals surface area contributed by atoms with Crippen LogP contribution in [0.1, 0.15) is 19.2 Å². The number of nitrogens with zero attached hydrogens (tertiary/aromatic N) is 4. The molecule has 0 bridgehead atoms. The first-order valence-electron chi connectivity index (χ1n) is 10.4. The van der Waals surface area contributed by atoms with Gasteiger partial charge < -0.3 is 9.88 Å². The Hall–Kier alpha value is -3.30. The molecular formula is C23H25N5O3S. The second kappa shape index (κ2) is 8.68. The van der Waals surface area contributed by atoms with E-state index in [4.69, 9.17) is 0 Å². The molecule has 0 aliphatic carbocycles. The zero-order chi connectivity index (χ0) is 22.9. The van der Waals surface area contributed by atoms with E-state index in [9.17, 15) is 13.2 Å². The number of amides is 1. The number of sulfonamides is 1. The molecule has 1 amide bonds. The van der Waals surface area contributed by atoms with Gasteiger partial charge in [0, 0.05) is 38.9 Å². The normalized spacial score (nSPS) is 12.0. The summed E-state index contributed by atoms with van der Waals surface area (Å²) < 4.78 is 28.1. The van der Waals surface area contributed by atoms with Crippen LogP contribution in [0.25, 0.3) is 21.9 Å². The number of fused-ring (bicyclic) bond motifs is 2. The number of para-hydroxylation sites is 1. The summed E-state index contributed by atoms with van der Waals surface area (Å²) in [5, 5.41) is 3.85. The largest absolute Gasteiger partial charge is 0.328 e. The van der Waals surface area contributed by atoms with Crippen LogP contribution in [0.15, 0.2) is 59.6 Å². The number of carbonyl (C=O) groups is 1. The molecule has 0 aliphatic heterocycles. The van der Waals surface area contributed by atoms with Crippen molar-refractivity contribution in [3.63, 3.8) is 0 Å². The van der Waals surface area contributed by atoms with E-state index >= 15 is 0 Å². The monoisotopic (exact) mass is 451 g/mol. The molecule has 2 aromatic carbocycles. The number of hydrogen-bond acceptors (Lipinski definition) is 5. The maximum atomic E-state index is 12.5. The van der Waals surface area contributed by atoms with Gasteiger partial charge in [0.05, 0.1) is 33.3 Å². The number of imidazole rings is 1. The number of pyridine rings is 1. The quantitative estimate of drug-likeness (QED) is 0.464. The number of carbonyl (C=O) groups excluding carboxylic acids is 1. The first-order valence-corrected chi connectivity index (χ1v) is 11.8. The van der Waals surface area contributed by atoms with Crippen molar-refractivity contribution in [1.82, 2.24) is 18.8 Å². The van der Waals surface area contributed by atoms with Gasteiger partial charge in [-0.3, -0.25) is 9.78 Å². The van der Waals surface area contributed by atoms with Crippen LogP contribution < -0.4 is 5.32 Å². The average Bonchev–Trinajstić information content (AvgIpc) is 3.14. The third kappa shape index (κ3) is 4.21. The Kier molecular flexibility index (Phi) is 5.94. The van der Waals surface area contributed by atoms with Crippen molar-refractivity contribution in [2.45, 2.75) is 31.2 Å². The molecule has 2 heterocycles. The summed E-state index contributed by atoms with van der Waals surface area (Å²) in [6, 6.07) is 14.6. The zero-order valence-electron chi connectivity index (χ0n) is 18.2. The zero-order valence-corrected chi connectivity index (χ0v) is 19.1. The fraction of sp³-hybridized carbons (Fsp3) is 0.261. The van der Waals surface area contributed by atoms with Gasteiger partial charge in [0.2, 0.25) is 15.9 Å². The van der Waals surface area contributed by atoms with Gasteiger partial charge >= 0.3 is 0 Å². The van der Waals surface area contributed by atoms with E-state index in [1.165, 1.54) is 18.4 Å². The molecule has 0 unspecified atom stereocenters. The van der Waals surface area contributed by atoms with Gasteiger partial charge in [0.15, 0.2) is 0 Å². The van der Waals surface area contributed by atoms with Gasteiger partial charge in [-0.1, -0.05) is 18.2 Å². The average molecular weight is 452 g/mol. The highest BCUT2D eigenvalue weighted by molar-refractivity contribution is 7.89. The lowest BCUT2D eigenvalue weighted by Gasteiger charge is -2.11. The molecular weight excluding hydrogens is 426 g/mol. The Morgan fingerprint density at radius 3 is 2.62 bits per heavy atom. The van der Waals surface area contributed by atoms with Crippen LogP contribution in [0.5, 0.6) is 0 Å². The lowest BCUT2D eigenvalue weighted by Crippen LogP contribution is -2.22. The second-order valence-electron chi connectivity index (χ2n) is 7.68. The van der Waals surface area contributed by atoms with Gasteiger partial charge in [-0.2, -0.15) is 0 Å². The van der Waals surface area contributed by atoms with Crippen LogP contribution in [0, 0.1) is 0 Å². The molecule has 1 N–H and O–H groups in total. The third-order valence-electron chi connectivity index (χ3n) is 5.34. The molecule has 0 spiro atoms. The maximum absolute atomic E-state index is 12.5. The molecule has 4 rings (SSSR count). The van der Waals surface area contributed by atoms with Crippen LogP contribution in [0.2, 0.25) is 0 Å². The SMILES string of the molecule is CCn1c(CCC(=O)Nc2cnc3ccccc3c2)nc2cc(S(=O)(=O)N(C)C)ccc21. The number of nitrogens with one attached hydrogen (secondary N) is 1. The highest BCUT2D eigenvalue weighted by atomic mass is 32.2. The molecule has 4 aromatic rings. The molecule has 0 saturated heterocycles. The minimum absolute atomic E-state index is 0.132. The Bertz CT molecular complexity index is 1410.